The molecule has 0 bridgehead atoms. The third-order valence-corrected chi connectivity index (χ3v) is 6.28. The van der Waals surface area contributed by atoms with Gasteiger partial charge in [-0.2, -0.15) is 4.40 Å². The van der Waals surface area contributed by atoms with Crippen LogP contribution in [0.1, 0.15) is 60.1 Å². The molecule has 150 valence electrons. The van der Waals surface area contributed by atoms with Crippen LogP contribution in [0.25, 0.3) is 0 Å². The number of hydrogen-bond donors (Lipinski definition) is 0. The summed E-state index contributed by atoms with van der Waals surface area (Å²) in [6.45, 7) is 13.2. The van der Waals surface area contributed by atoms with E-state index >= 15 is 0 Å². The molecule has 1 spiro atoms. The van der Waals surface area contributed by atoms with E-state index in [4.69, 9.17) is 4.74 Å². The molecule has 0 unspecified atom stereocenters. The van der Waals surface area contributed by atoms with Crippen LogP contribution in [0.2, 0.25) is 0 Å². The molecular formula is C18H29N5O3S. The molecular weight excluding hydrogens is 366 g/mol. The Morgan fingerprint density at radius 2 is 1.85 bits per heavy atom. The van der Waals surface area contributed by atoms with Crippen molar-refractivity contribution in [1.82, 2.24) is 19.9 Å². The molecule has 1 aromatic heterocycles. The average Bonchev–Trinajstić information content (AvgIpc) is 3.07. The summed E-state index contributed by atoms with van der Waals surface area (Å²) in [5, 5.41) is 8.12. The number of aromatic nitrogens is 3. The molecule has 0 N–H and O–H groups in total. The van der Waals surface area contributed by atoms with E-state index in [0.29, 0.717) is 19.6 Å². The second-order valence-electron chi connectivity index (χ2n) is 9.33. The highest BCUT2D eigenvalue weighted by Crippen LogP contribution is 2.42. The first-order chi connectivity index (χ1) is 12.4. The fourth-order valence-corrected chi connectivity index (χ4v) is 4.12. The van der Waals surface area contributed by atoms with Gasteiger partial charge in [-0.1, -0.05) is 5.21 Å². The third kappa shape index (κ3) is 4.07. The van der Waals surface area contributed by atoms with Crippen molar-refractivity contribution in [2.45, 2.75) is 71.3 Å². The van der Waals surface area contributed by atoms with Gasteiger partial charge in [-0.25, -0.2) is 13.7 Å². The fraction of sp³-hybridized carbons (Fsp3) is 0.778. The van der Waals surface area contributed by atoms with E-state index in [1.54, 1.807) is 11.1 Å². The number of fused-ring (bicyclic) bond motifs is 1. The Hall–Kier alpha value is -1.77. The molecule has 3 heterocycles. The highest BCUT2D eigenvalue weighted by Gasteiger charge is 2.48. The van der Waals surface area contributed by atoms with Crippen molar-refractivity contribution in [3.63, 3.8) is 0 Å². The Bertz CT molecular complexity index is 780. The van der Waals surface area contributed by atoms with Crippen LogP contribution in [0, 0.1) is 5.41 Å². The molecule has 9 heteroatoms. The van der Waals surface area contributed by atoms with Gasteiger partial charge in [-0.05, 0) is 54.4 Å². The van der Waals surface area contributed by atoms with Gasteiger partial charge in [0.25, 0.3) is 0 Å². The Kier molecular flexibility index (Phi) is 4.95. The van der Waals surface area contributed by atoms with Gasteiger partial charge in [0.2, 0.25) is 0 Å². The zero-order valence-corrected chi connectivity index (χ0v) is 17.8. The minimum Gasteiger partial charge on any atom is -0.444 e. The van der Waals surface area contributed by atoms with Gasteiger partial charge in [0.05, 0.1) is 23.2 Å². The summed E-state index contributed by atoms with van der Waals surface area (Å²) in [4.78, 5) is 14.1. The van der Waals surface area contributed by atoms with Gasteiger partial charge in [0.15, 0.2) is 0 Å². The second kappa shape index (κ2) is 6.68. The van der Waals surface area contributed by atoms with Crippen LogP contribution in [0.15, 0.2) is 10.6 Å². The van der Waals surface area contributed by atoms with Crippen molar-refractivity contribution in [1.29, 1.82) is 0 Å². The monoisotopic (exact) mass is 395 g/mol. The molecule has 3 rings (SSSR count). The number of amides is 1. The molecule has 1 saturated heterocycles. The lowest BCUT2D eigenvalue weighted by atomic mass is 9.75. The summed E-state index contributed by atoms with van der Waals surface area (Å²) >= 11 is 0. The van der Waals surface area contributed by atoms with Crippen molar-refractivity contribution in [2.24, 2.45) is 9.81 Å². The number of likely N-dealkylation sites (tertiary alicyclic amines) is 1. The first-order valence-corrected chi connectivity index (χ1v) is 10.4. The van der Waals surface area contributed by atoms with Crippen molar-refractivity contribution in [3.8, 4) is 0 Å². The summed E-state index contributed by atoms with van der Waals surface area (Å²) < 4.78 is 24.2. The van der Waals surface area contributed by atoms with Crippen molar-refractivity contribution < 1.29 is 13.7 Å². The van der Waals surface area contributed by atoms with Crippen LogP contribution < -0.4 is 0 Å². The molecule has 8 nitrogen and oxygen atoms in total. The van der Waals surface area contributed by atoms with E-state index in [1.807, 2.05) is 46.2 Å². The standard InChI is InChI=1S/C18H29N5O3S/c1-16(2,3)26-15(24)22-9-7-18(8-10-22)12-23-13(11-19-21-23)14(18)20-27(25)17(4,5)6/h11H,7-10,12H2,1-6H3/t27-/m1/s1. The summed E-state index contributed by atoms with van der Waals surface area (Å²) in [6, 6.07) is 0. The fourth-order valence-electron chi connectivity index (χ4n) is 3.39. The summed E-state index contributed by atoms with van der Waals surface area (Å²) in [5.74, 6) is 0. The van der Waals surface area contributed by atoms with Crippen molar-refractivity contribution in [3.05, 3.63) is 11.9 Å². The number of carbonyl (C=O) groups is 1. The lowest BCUT2D eigenvalue weighted by Gasteiger charge is -2.39. The topological polar surface area (TPSA) is 89.7 Å². The predicted molar refractivity (Wildman–Crippen MR) is 104 cm³/mol. The maximum absolute atomic E-state index is 12.7. The first-order valence-electron chi connectivity index (χ1n) is 9.29. The lowest BCUT2D eigenvalue weighted by molar-refractivity contribution is 0.0150. The maximum Gasteiger partial charge on any atom is 0.410 e. The van der Waals surface area contributed by atoms with Gasteiger partial charge in [-0.3, -0.25) is 0 Å². The zero-order chi connectivity index (χ0) is 20.0. The first kappa shape index (κ1) is 20.0. The van der Waals surface area contributed by atoms with Crippen LogP contribution in [-0.2, 0) is 22.3 Å². The Balaban J connectivity index is 1.82. The molecule has 2 aliphatic heterocycles. The summed E-state index contributed by atoms with van der Waals surface area (Å²) in [6.07, 6.45) is 2.87. The van der Waals surface area contributed by atoms with Gasteiger partial charge in [0, 0.05) is 18.5 Å². The molecule has 2 aliphatic rings. The molecule has 1 fully saturated rings. The quantitative estimate of drug-likeness (QED) is 0.729. The Labute approximate surface area is 162 Å². The zero-order valence-electron chi connectivity index (χ0n) is 17.0. The Morgan fingerprint density at radius 3 is 2.41 bits per heavy atom. The van der Waals surface area contributed by atoms with Gasteiger partial charge < -0.3 is 9.64 Å². The predicted octanol–water partition coefficient (Wildman–Crippen LogP) is 2.56. The summed E-state index contributed by atoms with van der Waals surface area (Å²) in [7, 11) is -1.36. The summed E-state index contributed by atoms with van der Waals surface area (Å²) in [5.41, 5.74) is 0.872. The molecule has 0 saturated carbocycles. The minimum atomic E-state index is -1.36. The smallest absolute Gasteiger partial charge is 0.410 e. The molecule has 1 amide bonds. The number of ether oxygens (including phenoxy) is 1. The molecule has 0 radical (unpaired) electrons. The highest BCUT2D eigenvalue weighted by molar-refractivity contribution is 7.85. The van der Waals surface area contributed by atoms with E-state index in [9.17, 15) is 9.00 Å². The van der Waals surface area contributed by atoms with Crippen LogP contribution in [0.3, 0.4) is 0 Å². The van der Waals surface area contributed by atoms with E-state index in [1.165, 1.54) is 0 Å². The van der Waals surface area contributed by atoms with Crippen molar-refractivity contribution >= 4 is 22.8 Å². The molecule has 0 aliphatic carbocycles. The molecule has 0 aromatic carbocycles. The van der Waals surface area contributed by atoms with Gasteiger partial charge >= 0.3 is 6.09 Å². The SMILES string of the molecule is CC(C)(C)OC(=O)N1CCC2(CC1)Cn1nncc1C2=N[S@](=O)C(C)(C)C. The number of nitrogens with zero attached hydrogens (tertiary/aromatic N) is 5. The van der Waals surface area contributed by atoms with Crippen LogP contribution in [0.4, 0.5) is 4.79 Å². The number of hydrogen-bond acceptors (Lipinski definition) is 5. The highest BCUT2D eigenvalue weighted by atomic mass is 32.2. The van der Waals surface area contributed by atoms with E-state index in [0.717, 1.165) is 24.2 Å². The number of carbonyl (C=O) groups excluding carboxylic acids is 1. The number of piperidine rings is 1. The molecule has 1 aromatic rings. The minimum absolute atomic E-state index is 0.259. The second-order valence-corrected chi connectivity index (χ2v) is 11.2. The third-order valence-electron chi connectivity index (χ3n) is 4.89. The van der Waals surface area contributed by atoms with Crippen molar-refractivity contribution in [2.75, 3.05) is 13.1 Å². The lowest BCUT2D eigenvalue weighted by Crippen LogP contribution is -2.47. The molecule has 27 heavy (non-hydrogen) atoms. The normalized spacial score (nSPS) is 22.1. The van der Waals surface area contributed by atoms with Crippen LogP contribution >= 0.6 is 0 Å². The van der Waals surface area contributed by atoms with Gasteiger partial charge in [-0.15, -0.1) is 5.10 Å². The van der Waals surface area contributed by atoms with E-state index < -0.39 is 21.3 Å². The Morgan fingerprint density at radius 1 is 1.22 bits per heavy atom. The van der Waals surface area contributed by atoms with Gasteiger partial charge in [0.1, 0.15) is 22.3 Å². The van der Waals surface area contributed by atoms with Crippen LogP contribution in [0.5, 0.6) is 0 Å². The number of rotatable bonds is 1. The average molecular weight is 396 g/mol. The van der Waals surface area contributed by atoms with E-state index in [2.05, 4.69) is 14.7 Å². The largest absolute Gasteiger partial charge is 0.444 e. The van der Waals surface area contributed by atoms with E-state index in [-0.39, 0.29) is 11.5 Å². The van der Waals surface area contributed by atoms with Crippen LogP contribution in [-0.4, -0.2) is 59.3 Å². The maximum atomic E-state index is 12.7. The molecule has 1 atom stereocenters.